The lowest BCUT2D eigenvalue weighted by atomic mass is 9.76. The van der Waals surface area contributed by atoms with Crippen LogP contribution in [0, 0.1) is 0 Å². The van der Waals surface area contributed by atoms with Crippen molar-refractivity contribution in [2.24, 2.45) is 0 Å². The second kappa shape index (κ2) is 9.62. The second-order valence-electron chi connectivity index (χ2n) is 7.20. The summed E-state index contributed by atoms with van der Waals surface area (Å²) in [7, 11) is -1.69. The molecule has 2 heterocycles. The molecule has 1 aromatic heterocycles. The number of aryl methyl sites for hydroxylation is 1. The third-order valence-electron chi connectivity index (χ3n) is 5.30. The first-order chi connectivity index (χ1) is 14.0. The van der Waals surface area contributed by atoms with E-state index in [0.717, 1.165) is 29.4 Å². The van der Waals surface area contributed by atoms with Crippen LogP contribution in [0.2, 0.25) is 0 Å². The molecule has 0 radical (unpaired) electrons. The molecular formula is C20H26BN3O5. The van der Waals surface area contributed by atoms with Gasteiger partial charge < -0.3 is 30.0 Å². The molecule has 1 aliphatic heterocycles. The van der Waals surface area contributed by atoms with Gasteiger partial charge in [0, 0.05) is 24.5 Å². The third kappa shape index (κ3) is 5.19. The van der Waals surface area contributed by atoms with Crippen molar-refractivity contribution in [1.29, 1.82) is 0 Å². The molecule has 1 fully saturated rings. The Bertz CT molecular complexity index is 869. The summed E-state index contributed by atoms with van der Waals surface area (Å²) in [5, 5.41) is 25.6. The van der Waals surface area contributed by atoms with Gasteiger partial charge in [-0.3, -0.25) is 4.79 Å². The molecule has 0 bridgehead atoms. The fraction of sp³-hybridized carbons (Fsp3) is 0.400. The van der Waals surface area contributed by atoms with Crippen molar-refractivity contribution in [2.75, 3.05) is 13.1 Å². The quantitative estimate of drug-likeness (QED) is 0.394. The van der Waals surface area contributed by atoms with E-state index >= 15 is 0 Å². The van der Waals surface area contributed by atoms with Gasteiger partial charge in [0.2, 0.25) is 5.91 Å². The Labute approximate surface area is 169 Å². The summed E-state index contributed by atoms with van der Waals surface area (Å²) in [5.74, 6) is -0.983. The first-order valence-electron chi connectivity index (χ1n) is 9.78. The number of amides is 3. The fourth-order valence-electron chi connectivity index (χ4n) is 3.72. The van der Waals surface area contributed by atoms with Crippen molar-refractivity contribution in [1.82, 2.24) is 15.5 Å². The predicted molar refractivity (Wildman–Crippen MR) is 110 cm³/mol. The van der Waals surface area contributed by atoms with Crippen LogP contribution in [0.25, 0.3) is 11.0 Å². The first kappa shape index (κ1) is 20.9. The van der Waals surface area contributed by atoms with Crippen LogP contribution in [0.5, 0.6) is 0 Å². The minimum atomic E-state index is -1.69. The Balaban J connectivity index is 1.51. The van der Waals surface area contributed by atoms with Crippen LogP contribution in [-0.4, -0.2) is 59.1 Å². The summed E-state index contributed by atoms with van der Waals surface area (Å²) in [6, 6.07) is 7.02. The topological polar surface area (TPSA) is 115 Å². The zero-order chi connectivity index (χ0) is 20.8. The Kier molecular flexibility index (Phi) is 6.95. The van der Waals surface area contributed by atoms with Crippen molar-refractivity contribution in [2.45, 2.75) is 37.7 Å². The number of furan rings is 1. The summed E-state index contributed by atoms with van der Waals surface area (Å²) in [4.78, 5) is 25.8. The molecule has 154 valence electrons. The van der Waals surface area contributed by atoms with E-state index in [1.54, 1.807) is 11.2 Å². The van der Waals surface area contributed by atoms with E-state index in [2.05, 4.69) is 17.2 Å². The summed E-state index contributed by atoms with van der Waals surface area (Å²) in [6.07, 6.45) is 5.46. The van der Waals surface area contributed by atoms with Crippen molar-refractivity contribution < 1.29 is 24.1 Å². The van der Waals surface area contributed by atoms with E-state index < -0.39 is 19.1 Å². The molecule has 1 aromatic carbocycles. The minimum Gasteiger partial charge on any atom is -0.464 e. The molecule has 2 aromatic rings. The lowest BCUT2D eigenvalue weighted by Gasteiger charge is -2.24. The van der Waals surface area contributed by atoms with Gasteiger partial charge >= 0.3 is 13.1 Å². The second-order valence-corrected chi connectivity index (χ2v) is 7.20. The monoisotopic (exact) mass is 399 g/mol. The first-order valence-corrected chi connectivity index (χ1v) is 9.78. The smallest absolute Gasteiger partial charge is 0.464 e. The largest absolute Gasteiger partial charge is 0.475 e. The molecule has 0 saturated carbocycles. The summed E-state index contributed by atoms with van der Waals surface area (Å²) in [6.45, 7) is 4.45. The number of nitrogens with one attached hydrogen (secondary N) is 2. The SMILES string of the molecule is C=CC(=O)N1CCC[C@@H]1CNC(=O)N[C@@H](CCc1coc2ccccc12)B(O)O. The molecule has 4 N–H and O–H groups in total. The van der Waals surface area contributed by atoms with Crippen LogP contribution in [-0.2, 0) is 11.2 Å². The van der Waals surface area contributed by atoms with Crippen LogP contribution in [0.4, 0.5) is 4.79 Å². The number of hydrogen-bond acceptors (Lipinski definition) is 5. The van der Waals surface area contributed by atoms with Crippen molar-refractivity contribution in [3.05, 3.63) is 48.7 Å². The maximum Gasteiger partial charge on any atom is 0.475 e. The lowest BCUT2D eigenvalue weighted by Crippen LogP contribution is -2.52. The third-order valence-corrected chi connectivity index (χ3v) is 5.30. The van der Waals surface area contributed by atoms with E-state index in [0.29, 0.717) is 25.9 Å². The van der Waals surface area contributed by atoms with Gasteiger partial charge in [0.15, 0.2) is 0 Å². The Morgan fingerprint density at radius 2 is 2.17 bits per heavy atom. The van der Waals surface area contributed by atoms with E-state index in [1.165, 1.54) is 6.08 Å². The van der Waals surface area contributed by atoms with Gasteiger partial charge in [-0.15, -0.1) is 0 Å². The Hall–Kier alpha value is -2.78. The van der Waals surface area contributed by atoms with E-state index in [1.807, 2.05) is 24.3 Å². The molecule has 3 amide bonds. The van der Waals surface area contributed by atoms with E-state index in [9.17, 15) is 19.6 Å². The number of rotatable bonds is 8. The molecule has 0 unspecified atom stereocenters. The van der Waals surface area contributed by atoms with Crippen LogP contribution in [0.3, 0.4) is 0 Å². The number of nitrogens with zero attached hydrogens (tertiary/aromatic N) is 1. The van der Waals surface area contributed by atoms with E-state index in [-0.39, 0.29) is 11.9 Å². The van der Waals surface area contributed by atoms with Crippen LogP contribution in [0.1, 0.15) is 24.8 Å². The number of likely N-dealkylation sites (tertiary alicyclic amines) is 1. The summed E-state index contributed by atoms with van der Waals surface area (Å²) in [5.41, 5.74) is 1.71. The average molecular weight is 399 g/mol. The highest BCUT2D eigenvalue weighted by atomic mass is 16.4. The highest BCUT2D eigenvalue weighted by Crippen LogP contribution is 2.22. The molecule has 9 heteroatoms. The van der Waals surface area contributed by atoms with Crippen molar-refractivity contribution in [3.8, 4) is 0 Å². The van der Waals surface area contributed by atoms with Crippen molar-refractivity contribution in [3.63, 3.8) is 0 Å². The summed E-state index contributed by atoms with van der Waals surface area (Å²) < 4.78 is 5.49. The van der Waals surface area contributed by atoms with Gasteiger partial charge in [0.25, 0.3) is 0 Å². The highest BCUT2D eigenvalue weighted by Gasteiger charge is 2.29. The highest BCUT2D eigenvalue weighted by molar-refractivity contribution is 6.43. The van der Waals surface area contributed by atoms with Crippen LogP contribution in [0.15, 0.2) is 47.6 Å². The number of hydrogen-bond donors (Lipinski definition) is 4. The van der Waals surface area contributed by atoms with E-state index in [4.69, 9.17) is 4.42 Å². The average Bonchev–Trinajstić information content (AvgIpc) is 3.35. The maximum atomic E-state index is 12.2. The number of benzene rings is 1. The van der Waals surface area contributed by atoms with Gasteiger partial charge in [-0.05, 0) is 43.4 Å². The normalized spacial score (nSPS) is 17.2. The number of carbonyl (C=O) groups is 2. The van der Waals surface area contributed by atoms with Gasteiger partial charge in [-0.2, -0.15) is 0 Å². The molecular weight excluding hydrogens is 373 g/mol. The molecule has 2 atom stereocenters. The van der Waals surface area contributed by atoms with Crippen LogP contribution >= 0.6 is 0 Å². The van der Waals surface area contributed by atoms with Gasteiger partial charge in [-0.25, -0.2) is 4.79 Å². The molecule has 1 aliphatic rings. The van der Waals surface area contributed by atoms with Crippen LogP contribution < -0.4 is 10.6 Å². The Morgan fingerprint density at radius 1 is 1.38 bits per heavy atom. The molecule has 0 spiro atoms. The Morgan fingerprint density at radius 3 is 2.93 bits per heavy atom. The summed E-state index contributed by atoms with van der Waals surface area (Å²) >= 11 is 0. The van der Waals surface area contributed by atoms with Crippen molar-refractivity contribution >= 4 is 30.0 Å². The number of urea groups is 1. The van der Waals surface area contributed by atoms with Gasteiger partial charge in [0.1, 0.15) is 5.58 Å². The molecule has 0 aliphatic carbocycles. The predicted octanol–water partition coefficient (Wildman–Crippen LogP) is 1.22. The lowest BCUT2D eigenvalue weighted by molar-refractivity contribution is -0.126. The minimum absolute atomic E-state index is 0.0824. The number of fused-ring (bicyclic) bond motifs is 1. The zero-order valence-corrected chi connectivity index (χ0v) is 16.2. The van der Waals surface area contributed by atoms with Gasteiger partial charge in [0.05, 0.1) is 12.2 Å². The molecule has 8 nitrogen and oxygen atoms in total. The molecule has 3 rings (SSSR count). The molecule has 29 heavy (non-hydrogen) atoms. The maximum absolute atomic E-state index is 12.2. The number of carbonyl (C=O) groups excluding carboxylic acids is 2. The fourth-order valence-corrected chi connectivity index (χ4v) is 3.72. The number of para-hydroxylation sites is 1. The standard InChI is InChI=1S/C20H26BN3O5/c1-2-19(25)24-11-5-6-15(24)12-22-20(26)23-18(21(27)28)10-9-14-13-29-17-8-4-3-7-16(14)17/h2-4,7-8,13,15,18,27-28H,1,5-6,9-12H2,(H2,22,23,26)/t15-,18+/m1/s1. The zero-order valence-electron chi connectivity index (χ0n) is 16.2. The van der Waals surface area contributed by atoms with Gasteiger partial charge in [-0.1, -0.05) is 24.8 Å². The molecule has 1 saturated heterocycles.